The van der Waals surface area contributed by atoms with Crippen molar-refractivity contribution in [2.24, 2.45) is 5.41 Å². The van der Waals surface area contributed by atoms with Crippen molar-refractivity contribution in [1.29, 1.82) is 0 Å². The number of carbonyl (C=O) groups excluding carboxylic acids is 1. The number of anilines is 1. The fourth-order valence-corrected chi connectivity index (χ4v) is 1.31. The van der Waals surface area contributed by atoms with Crippen molar-refractivity contribution < 1.29 is 4.79 Å². The highest BCUT2D eigenvalue weighted by atomic mass is 35.5. The fraction of sp³-hybridized carbons (Fsp3) is 0.500. The Balaban J connectivity index is 2.87. The summed E-state index contributed by atoms with van der Waals surface area (Å²) in [5.41, 5.74) is 5.88. The van der Waals surface area contributed by atoms with Crippen LogP contribution in [-0.2, 0) is 0 Å². The van der Waals surface area contributed by atoms with Crippen LogP contribution in [-0.4, -0.2) is 16.9 Å². The van der Waals surface area contributed by atoms with Gasteiger partial charge in [-0.25, -0.2) is 4.98 Å². The van der Waals surface area contributed by atoms with Gasteiger partial charge in [0.2, 0.25) is 0 Å². The molecule has 1 aromatic heterocycles. The molecule has 0 saturated carbocycles. The van der Waals surface area contributed by atoms with E-state index in [4.69, 9.17) is 17.3 Å². The molecule has 94 valence electrons. The summed E-state index contributed by atoms with van der Waals surface area (Å²) in [4.78, 5) is 15.8. The molecule has 0 spiro atoms. The second-order valence-corrected chi connectivity index (χ2v) is 5.56. The number of hydrogen-bond acceptors (Lipinski definition) is 3. The molecule has 5 heteroatoms. The highest BCUT2D eigenvalue weighted by Crippen LogP contribution is 2.21. The maximum absolute atomic E-state index is 12.0. The van der Waals surface area contributed by atoms with E-state index in [0.29, 0.717) is 10.6 Å². The van der Waals surface area contributed by atoms with E-state index in [1.165, 1.54) is 12.3 Å². The molecule has 1 heterocycles. The van der Waals surface area contributed by atoms with Crippen molar-refractivity contribution in [3.63, 3.8) is 0 Å². The van der Waals surface area contributed by atoms with E-state index in [1.807, 2.05) is 6.92 Å². The Morgan fingerprint density at radius 3 is 2.65 bits per heavy atom. The average molecular weight is 256 g/mol. The van der Waals surface area contributed by atoms with Gasteiger partial charge in [0.25, 0.3) is 5.91 Å². The molecule has 0 aliphatic rings. The van der Waals surface area contributed by atoms with Gasteiger partial charge in [0, 0.05) is 12.2 Å². The summed E-state index contributed by atoms with van der Waals surface area (Å²) in [6, 6.07) is 1.51. The first-order valence-corrected chi connectivity index (χ1v) is 5.81. The number of halogens is 1. The number of carbonyl (C=O) groups is 1. The van der Waals surface area contributed by atoms with Gasteiger partial charge in [-0.3, -0.25) is 4.79 Å². The number of nitrogens with one attached hydrogen (secondary N) is 1. The predicted molar refractivity (Wildman–Crippen MR) is 70.0 cm³/mol. The summed E-state index contributed by atoms with van der Waals surface area (Å²) in [5.74, 6) is 0.0505. The summed E-state index contributed by atoms with van der Waals surface area (Å²) in [6.07, 6.45) is 1.38. The van der Waals surface area contributed by atoms with Gasteiger partial charge < -0.3 is 11.1 Å². The third-order valence-electron chi connectivity index (χ3n) is 2.77. The normalized spacial score (nSPS) is 13.2. The van der Waals surface area contributed by atoms with Crippen LogP contribution >= 0.6 is 11.6 Å². The predicted octanol–water partition coefficient (Wildman–Crippen LogP) is 2.48. The molecule has 1 unspecified atom stereocenters. The third kappa shape index (κ3) is 3.60. The highest BCUT2D eigenvalue weighted by Gasteiger charge is 2.23. The van der Waals surface area contributed by atoms with Crippen molar-refractivity contribution in [2.45, 2.75) is 33.7 Å². The lowest BCUT2D eigenvalue weighted by Gasteiger charge is -2.28. The largest absolute Gasteiger partial charge is 0.384 e. The maximum Gasteiger partial charge on any atom is 0.253 e. The molecule has 1 atom stereocenters. The molecule has 0 aliphatic carbocycles. The van der Waals surface area contributed by atoms with Crippen molar-refractivity contribution in [2.75, 3.05) is 5.73 Å². The smallest absolute Gasteiger partial charge is 0.253 e. The first kappa shape index (κ1) is 13.8. The van der Waals surface area contributed by atoms with Gasteiger partial charge in [-0.1, -0.05) is 32.4 Å². The van der Waals surface area contributed by atoms with Crippen molar-refractivity contribution >= 4 is 23.3 Å². The molecule has 17 heavy (non-hydrogen) atoms. The Morgan fingerprint density at radius 1 is 1.53 bits per heavy atom. The van der Waals surface area contributed by atoms with Crippen LogP contribution in [0.5, 0.6) is 0 Å². The van der Waals surface area contributed by atoms with Gasteiger partial charge in [-0.05, 0) is 18.4 Å². The van der Waals surface area contributed by atoms with E-state index < -0.39 is 0 Å². The molecular formula is C12H18ClN3O. The van der Waals surface area contributed by atoms with Crippen LogP contribution in [0.3, 0.4) is 0 Å². The molecule has 0 aliphatic heterocycles. The van der Waals surface area contributed by atoms with Crippen LogP contribution in [0, 0.1) is 5.41 Å². The first-order valence-electron chi connectivity index (χ1n) is 5.43. The van der Waals surface area contributed by atoms with Crippen molar-refractivity contribution in [3.05, 3.63) is 22.8 Å². The molecule has 3 N–H and O–H groups in total. The van der Waals surface area contributed by atoms with Crippen molar-refractivity contribution in [3.8, 4) is 0 Å². The van der Waals surface area contributed by atoms with Crippen LogP contribution in [0.25, 0.3) is 0 Å². The van der Waals surface area contributed by atoms with E-state index in [1.54, 1.807) is 0 Å². The van der Waals surface area contributed by atoms with Crippen LogP contribution in [0.1, 0.15) is 38.1 Å². The minimum Gasteiger partial charge on any atom is -0.384 e. The van der Waals surface area contributed by atoms with Gasteiger partial charge >= 0.3 is 0 Å². The molecular weight excluding hydrogens is 238 g/mol. The summed E-state index contributed by atoms with van der Waals surface area (Å²) < 4.78 is 0. The van der Waals surface area contributed by atoms with Crippen molar-refractivity contribution in [1.82, 2.24) is 10.3 Å². The molecule has 0 radical (unpaired) electrons. The Bertz CT molecular complexity index is 426. The van der Waals surface area contributed by atoms with Gasteiger partial charge in [0.1, 0.15) is 5.82 Å². The Morgan fingerprint density at radius 2 is 2.12 bits per heavy atom. The molecule has 1 aromatic rings. The topological polar surface area (TPSA) is 68.0 Å². The zero-order valence-electron chi connectivity index (χ0n) is 10.5. The molecule has 4 nitrogen and oxygen atoms in total. The van der Waals surface area contributed by atoms with E-state index in [9.17, 15) is 4.79 Å². The molecule has 1 rings (SSSR count). The van der Waals surface area contributed by atoms with Crippen LogP contribution in [0.15, 0.2) is 12.3 Å². The second kappa shape index (κ2) is 4.92. The van der Waals surface area contributed by atoms with Crippen LogP contribution in [0.4, 0.5) is 5.82 Å². The number of aromatic nitrogens is 1. The first-order chi connectivity index (χ1) is 7.71. The highest BCUT2D eigenvalue weighted by molar-refractivity contribution is 6.33. The van der Waals surface area contributed by atoms with E-state index >= 15 is 0 Å². The number of nitrogens with zero attached hydrogens (tertiary/aromatic N) is 1. The summed E-state index contributed by atoms with van der Waals surface area (Å²) in [5, 5.41) is 3.20. The van der Waals surface area contributed by atoms with Crippen LogP contribution < -0.4 is 11.1 Å². The van der Waals surface area contributed by atoms with E-state index in [0.717, 1.165) is 0 Å². The number of pyridine rings is 1. The minimum atomic E-state index is -0.230. The van der Waals surface area contributed by atoms with Gasteiger partial charge in [-0.2, -0.15) is 0 Å². The number of hydrogen-bond donors (Lipinski definition) is 2. The lowest BCUT2D eigenvalue weighted by Crippen LogP contribution is -2.41. The van der Waals surface area contributed by atoms with Gasteiger partial charge in [-0.15, -0.1) is 0 Å². The lowest BCUT2D eigenvalue weighted by atomic mass is 9.88. The Hall–Kier alpha value is -1.29. The summed E-state index contributed by atoms with van der Waals surface area (Å²) in [6.45, 7) is 8.12. The Labute approximate surface area is 107 Å². The standard InChI is InChI=1S/C12H18ClN3O/c1-7(12(2,3)4)16-11(17)8-5-10(14)15-6-9(8)13/h5-7H,1-4H3,(H2,14,15)(H,16,17). The van der Waals surface area contributed by atoms with Gasteiger partial charge in [0.05, 0.1) is 10.6 Å². The number of rotatable bonds is 2. The van der Waals surface area contributed by atoms with Gasteiger partial charge in [0.15, 0.2) is 0 Å². The second-order valence-electron chi connectivity index (χ2n) is 5.15. The Kier molecular flexibility index (Phi) is 3.98. The van der Waals surface area contributed by atoms with E-state index in [2.05, 4.69) is 31.1 Å². The van der Waals surface area contributed by atoms with Crippen LogP contribution in [0.2, 0.25) is 5.02 Å². The molecule has 0 saturated heterocycles. The molecule has 0 bridgehead atoms. The monoisotopic (exact) mass is 255 g/mol. The molecule has 1 amide bonds. The number of nitrogen functional groups attached to an aromatic ring is 1. The molecule has 0 aromatic carbocycles. The zero-order chi connectivity index (χ0) is 13.2. The zero-order valence-corrected chi connectivity index (χ0v) is 11.3. The summed E-state index contributed by atoms with van der Waals surface area (Å²) >= 11 is 5.91. The minimum absolute atomic E-state index is 0.0132. The maximum atomic E-state index is 12.0. The SMILES string of the molecule is CC(NC(=O)c1cc(N)ncc1Cl)C(C)(C)C. The molecule has 0 fully saturated rings. The number of amides is 1. The third-order valence-corrected chi connectivity index (χ3v) is 3.07. The lowest BCUT2D eigenvalue weighted by molar-refractivity contribution is 0.0910. The number of nitrogens with two attached hydrogens (primary N) is 1. The average Bonchev–Trinajstić information content (AvgIpc) is 2.20. The quantitative estimate of drug-likeness (QED) is 0.853. The fourth-order valence-electron chi connectivity index (χ4n) is 1.12. The summed E-state index contributed by atoms with van der Waals surface area (Å²) in [7, 11) is 0. The van der Waals surface area contributed by atoms with E-state index in [-0.39, 0.29) is 23.2 Å².